The largest absolute Gasteiger partial charge is 0.345 e. The van der Waals surface area contributed by atoms with Crippen LogP contribution in [0.5, 0.6) is 0 Å². The van der Waals surface area contributed by atoms with Crippen molar-refractivity contribution in [1.82, 2.24) is 4.90 Å². The molecule has 0 saturated heterocycles. The Balaban J connectivity index is 2.03. The maximum absolute atomic E-state index is 2.43. The number of quaternary nitrogens is 1. The summed E-state index contributed by atoms with van der Waals surface area (Å²) in [7, 11) is 4.62. The standard InChI is InChI=1S/C40H78N2/c1-5-7-9-11-13-15-17-19-21-23-25-27-29-31-33-35-39-40(42(4)38-37-41(39)3)36-34-32-30-28-26-24-22-20-18-16-14-12-10-8-6-2/h37-38H,5-36H2,1-4H3/p+1. The van der Waals surface area contributed by atoms with Gasteiger partial charge in [-0.2, -0.15) is 0 Å². The lowest BCUT2D eigenvalue weighted by atomic mass is 10.0. The molecular formula is C40H79N2+. The number of hydrogen-bond donors (Lipinski definition) is 1. The van der Waals surface area contributed by atoms with Crippen molar-refractivity contribution < 1.29 is 4.90 Å². The van der Waals surface area contributed by atoms with Gasteiger partial charge in [-0.05, 0) is 19.3 Å². The Kier molecular flexibility index (Phi) is 28.3. The van der Waals surface area contributed by atoms with Gasteiger partial charge in [0.2, 0.25) is 0 Å². The normalized spacial score (nSPS) is 15.3. The summed E-state index contributed by atoms with van der Waals surface area (Å²) in [5.74, 6) is 0. The molecule has 0 bridgehead atoms. The van der Waals surface area contributed by atoms with Gasteiger partial charge >= 0.3 is 0 Å². The Hall–Kier alpha value is -0.760. The molecule has 0 radical (unpaired) electrons. The van der Waals surface area contributed by atoms with Gasteiger partial charge in [0.15, 0.2) is 0 Å². The summed E-state index contributed by atoms with van der Waals surface area (Å²) in [4.78, 5) is 3.95. The number of unbranched alkanes of at least 4 members (excludes halogenated alkanes) is 28. The molecule has 1 unspecified atom stereocenters. The third-order valence-corrected chi connectivity index (χ3v) is 9.85. The fraction of sp³-hybridized carbons (Fsp3) is 0.900. The Bertz CT molecular complexity index is 569. The minimum absolute atomic E-state index is 1.27. The first-order valence-corrected chi connectivity index (χ1v) is 19.7. The summed E-state index contributed by atoms with van der Waals surface area (Å²) in [5, 5.41) is 0. The third-order valence-electron chi connectivity index (χ3n) is 9.85. The van der Waals surface area contributed by atoms with E-state index in [9.17, 15) is 0 Å². The smallest absolute Gasteiger partial charge is 0.131 e. The predicted octanol–water partition coefficient (Wildman–Crippen LogP) is 12.7. The Labute approximate surface area is 266 Å². The van der Waals surface area contributed by atoms with Crippen LogP contribution in [0.3, 0.4) is 0 Å². The lowest BCUT2D eigenvalue weighted by molar-refractivity contribution is -0.786. The van der Waals surface area contributed by atoms with E-state index in [1.54, 1.807) is 11.4 Å². The highest BCUT2D eigenvalue weighted by Gasteiger charge is 2.21. The van der Waals surface area contributed by atoms with Gasteiger partial charge < -0.3 is 4.90 Å². The lowest BCUT2D eigenvalue weighted by Crippen LogP contribution is -3.03. The van der Waals surface area contributed by atoms with Crippen molar-refractivity contribution in [2.45, 2.75) is 219 Å². The van der Waals surface area contributed by atoms with Crippen LogP contribution >= 0.6 is 0 Å². The highest BCUT2D eigenvalue weighted by molar-refractivity contribution is 5.12. The number of nitrogens with one attached hydrogen (secondary N) is 1. The summed E-state index contributed by atoms with van der Waals surface area (Å²) in [5.41, 5.74) is 3.29. The molecule has 0 aliphatic carbocycles. The topological polar surface area (TPSA) is 7.68 Å². The zero-order valence-corrected chi connectivity index (χ0v) is 29.7. The Morgan fingerprint density at radius 2 is 0.714 bits per heavy atom. The highest BCUT2D eigenvalue weighted by Crippen LogP contribution is 2.22. The van der Waals surface area contributed by atoms with Crippen LogP contribution in [-0.4, -0.2) is 19.0 Å². The second kappa shape index (κ2) is 30.3. The Morgan fingerprint density at radius 1 is 0.429 bits per heavy atom. The summed E-state index contributed by atoms with van der Waals surface area (Å²) < 4.78 is 0. The van der Waals surface area contributed by atoms with Gasteiger partial charge in [-0.1, -0.05) is 194 Å². The molecule has 1 aliphatic heterocycles. The SMILES string of the molecule is CCCCCCCCCCCCCCCCCC1=C(CCCCCCCCCCCCCCCCC)[NH+](C)C=CN1C. The van der Waals surface area contributed by atoms with Crippen molar-refractivity contribution in [2.75, 3.05) is 14.1 Å². The van der Waals surface area contributed by atoms with E-state index in [-0.39, 0.29) is 0 Å². The number of allylic oxidation sites excluding steroid dienone is 2. The zero-order chi connectivity index (χ0) is 30.4. The van der Waals surface area contributed by atoms with Gasteiger partial charge in [0, 0.05) is 13.5 Å². The molecule has 0 amide bonds. The first-order chi connectivity index (χ1) is 20.7. The average Bonchev–Trinajstić information content (AvgIpc) is 2.99. The van der Waals surface area contributed by atoms with E-state index < -0.39 is 0 Å². The number of hydrogen-bond acceptors (Lipinski definition) is 1. The molecule has 1 atom stereocenters. The predicted molar refractivity (Wildman–Crippen MR) is 190 cm³/mol. The van der Waals surface area contributed by atoms with Crippen LogP contribution in [0.2, 0.25) is 0 Å². The van der Waals surface area contributed by atoms with Crippen molar-refractivity contribution in [3.05, 3.63) is 23.8 Å². The molecule has 0 aromatic carbocycles. The summed E-state index contributed by atoms with van der Waals surface area (Å²) in [6.45, 7) is 4.62. The molecule has 0 saturated carbocycles. The van der Waals surface area contributed by atoms with Crippen molar-refractivity contribution >= 4 is 0 Å². The van der Waals surface area contributed by atoms with Crippen molar-refractivity contribution in [3.8, 4) is 0 Å². The molecule has 1 N–H and O–H groups in total. The molecule has 0 spiro atoms. The van der Waals surface area contributed by atoms with Crippen molar-refractivity contribution in [1.29, 1.82) is 0 Å². The molecule has 1 rings (SSSR count). The molecular weight excluding hydrogens is 508 g/mol. The maximum atomic E-state index is 2.43. The van der Waals surface area contributed by atoms with Gasteiger partial charge in [-0.15, -0.1) is 0 Å². The van der Waals surface area contributed by atoms with Crippen LogP contribution in [0, 0.1) is 0 Å². The maximum Gasteiger partial charge on any atom is 0.131 e. The molecule has 0 aromatic rings. The fourth-order valence-corrected chi connectivity index (χ4v) is 6.86. The molecule has 0 aromatic heterocycles. The van der Waals surface area contributed by atoms with Gasteiger partial charge in [0.05, 0.1) is 18.9 Å². The first-order valence-electron chi connectivity index (χ1n) is 19.7. The fourth-order valence-electron chi connectivity index (χ4n) is 6.86. The van der Waals surface area contributed by atoms with E-state index in [4.69, 9.17) is 0 Å². The molecule has 2 nitrogen and oxygen atoms in total. The third kappa shape index (κ3) is 22.7. The molecule has 248 valence electrons. The van der Waals surface area contributed by atoms with E-state index in [1.165, 1.54) is 210 Å². The number of rotatable bonds is 32. The van der Waals surface area contributed by atoms with Crippen molar-refractivity contribution in [3.63, 3.8) is 0 Å². The quantitative estimate of drug-likeness (QED) is 0.0769. The van der Waals surface area contributed by atoms with Crippen LogP contribution in [0.15, 0.2) is 23.8 Å². The van der Waals surface area contributed by atoms with Crippen LogP contribution in [0.4, 0.5) is 0 Å². The molecule has 2 heteroatoms. The minimum Gasteiger partial charge on any atom is -0.345 e. The summed E-state index contributed by atoms with van der Waals surface area (Å²) >= 11 is 0. The van der Waals surface area contributed by atoms with Crippen LogP contribution in [-0.2, 0) is 0 Å². The van der Waals surface area contributed by atoms with Crippen LogP contribution in [0.1, 0.15) is 219 Å². The van der Waals surface area contributed by atoms with Crippen LogP contribution < -0.4 is 4.90 Å². The van der Waals surface area contributed by atoms with Gasteiger partial charge in [0.25, 0.3) is 0 Å². The van der Waals surface area contributed by atoms with Crippen molar-refractivity contribution in [2.24, 2.45) is 0 Å². The second-order valence-corrected chi connectivity index (χ2v) is 13.9. The van der Waals surface area contributed by atoms with Gasteiger partial charge in [-0.25, -0.2) is 0 Å². The van der Waals surface area contributed by atoms with E-state index >= 15 is 0 Å². The Morgan fingerprint density at radius 3 is 1.05 bits per heavy atom. The molecule has 1 heterocycles. The molecule has 42 heavy (non-hydrogen) atoms. The van der Waals surface area contributed by atoms with E-state index in [0.29, 0.717) is 0 Å². The average molecular weight is 588 g/mol. The summed E-state index contributed by atoms with van der Waals surface area (Å²) in [6, 6.07) is 0. The van der Waals surface area contributed by atoms with Gasteiger partial charge in [-0.3, -0.25) is 4.90 Å². The zero-order valence-electron chi connectivity index (χ0n) is 29.7. The second-order valence-electron chi connectivity index (χ2n) is 13.9. The minimum atomic E-state index is 1.27. The first kappa shape index (κ1) is 39.3. The van der Waals surface area contributed by atoms with E-state index in [1.807, 2.05) is 0 Å². The lowest BCUT2D eigenvalue weighted by Gasteiger charge is -2.28. The van der Waals surface area contributed by atoms with Gasteiger partial charge in [0.1, 0.15) is 11.9 Å². The highest BCUT2D eigenvalue weighted by atomic mass is 15.2. The molecule has 0 fully saturated rings. The van der Waals surface area contributed by atoms with Crippen LogP contribution in [0.25, 0.3) is 0 Å². The van der Waals surface area contributed by atoms with E-state index in [2.05, 4.69) is 45.2 Å². The van der Waals surface area contributed by atoms with E-state index in [0.717, 1.165) is 0 Å². The monoisotopic (exact) mass is 588 g/mol. The molecule has 1 aliphatic rings. The number of nitrogens with zero attached hydrogens (tertiary/aromatic N) is 1. The summed E-state index contributed by atoms with van der Waals surface area (Å²) in [6.07, 6.45) is 50.5.